The Balaban J connectivity index is 1.58. The van der Waals surface area contributed by atoms with Crippen molar-refractivity contribution in [1.29, 1.82) is 0 Å². The third kappa shape index (κ3) is 13.3. The number of esters is 2. The molecule has 2 aromatic rings. The van der Waals surface area contributed by atoms with Gasteiger partial charge in [0, 0.05) is 6.07 Å². The minimum atomic E-state index is -0.980. The molecule has 0 amide bonds. The van der Waals surface area contributed by atoms with Crippen LogP contribution in [0.2, 0.25) is 0 Å². The number of benzene rings is 2. The Bertz CT molecular complexity index is 1260. The molecule has 8 heteroatoms. The Morgan fingerprint density at radius 2 is 1.35 bits per heavy atom. The molecular formula is C40H58O8. The van der Waals surface area contributed by atoms with E-state index in [0.717, 1.165) is 17.0 Å². The number of unbranched alkanes of at least 4 members (excludes halogenated alkanes) is 6. The number of carbonyl (C=O) groups excluding carboxylic acids is 2. The lowest BCUT2D eigenvalue weighted by molar-refractivity contribution is -0.156. The first kappa shape index (κ1) is 39.1. The summed E-state index contributed by atoms with van der Waals surface area (Å²) in [4.78, 5) is 24.0. The zero-order valence-corrected chi connectivity index (χ0v) is 29.5. The predicted molar refractivity (Wildman–Crippen MR) is 189 cm³/mol. The normalized spacial score (nSPS) is 16.3. The van der Waals surface area contributed by atoms with Crippen LogP contribution in [-0.4, -0.2) is 61.8 Å². The Morgan fingerprint density at radius 3 is 1.94 bits per heavy atom. The molecule has 0 heterocycles. The second kappa shape index (κ2) is 20.9. The second-order valence-corrected chi connectivity index (χ2v) is 13.7. The van der Waals surface area contributed by atoms with Crippen LogP contribution in [0.3, 0.4) is 0 Å². The van der Waals surface area contributed by atoms with Gasteiger partial charge in [0.15, 0.2) is 0 Å². The van der Waals surface area contributed by atoms with Crippen molar-refractivity contribution in [3.05, 3.63) is 60.2 Å². The van der Waals surface area contributed by atoms with Gasteiger partial charge in [-0.2, -0.15) is 0 Å². The average Bonchev–Trinajstić information content (AvgIpc) is 3.11. The van der Waals surface area contributed by atoms with E-state index in [9.17, 15) is 14.7 Å². The molecule has 1 saturated carbocycles. The molecular weight excluding hydrogens is 608 g/mol. The quantitative estimate of drug-likeness (QED) is 0.0736. The zero-order valence-electron chi connectivity index (χ0n) is 29.5. The van der Waals surface area contributed by atoms with Crippen LogP contribution >= 0.6 is 0 Å². The summed E-state index contributed by atoms with van der Waals surface area (Å²) in [5, 5.41) is 18.5. The summed E-state index contributed by atoms with van der Waals surface area (Å²) in [7, 11) is 0. The van der Waals surface area contributed by atoms with Gasteiger partial charge in [-0.25, -0.2) is 4.79 Å². The molecule has 0 atom stereocenters. The first-order valence-corrected chi connectivity index (χ1v) is 17.9. The van der Waals surface area contributed by atoms with Crippen molar-refractivity contribution < 1.29 is 38.7 Å². The molecule has 3 rings (SSSR count). The summed E-state index contributed by atoms with van der Waals surface area (Å²) in [6.07, 6.45) is 16.1. The summed E-state index contributed by atoms with van der Waals surface area (Å²) in [5.41, 5.74) is 2.30. The highest BCUT2D eigenvalue weighted by Gasteiger charge is 2.28. The third-order valence-electron chi connectivity index (χ3n) is 9.26. The van der Waals surface area contributed by atoms with E-state index in [0.29, 0.717) is 17.4 Å². The van der Waals surface area contributed by atoms with Gasteiger partial charge in [-0.1, -0.05) is 89.1 Å². The highest BCUT2D eigenvalue weighted by Crippen LogP contribution is 2.39. The molecule has 0 unspecified atom stereocenters. The summed E-state index contributed by atoms with van der Waals surface area (Å²) < 4.78 is 22.2. The van der Waals surface area contributed by atoms with Gasteiger partial charge in [0.1, 0.15) is 37.9 Å². The number of hydrogen-bond donors (Lipinski definition) is 2. The van der Waals surface area contributed by atoms with Gasteiger partial charge in [0.25, 0.3) is 0 Å². The van der Waals surface area contributed by atoms with Crippen LogP contribution < -0.4 is 9.47 Å². The Morgan fingerprint density at radius 1 is 0.771 bits per heavy atom. The maximum Gasteiger partial charge on any atom is 0.335 e. The SMILES string of the molecule is C=C(CO)C(=O)OCCOc1cc(OCCOC(=O)C(C)(C)CO)cc(-c2ccc(C3CCC(CCCCCCCCC)CC3)cc2)c1. The van der Waals surface area contributed by atoms with Gasteiger partial charge in [-0.05, 0) is 80.2 Å². The van der Waals surface area contributed by atoms with E-state index in [1.54, 1.807) is 19.9 Å². The van der Waals surface area contributed by atoms with Gasteiger partial charge in [0.05, 0.1) is 24.2 Å². The fraction of sp³-hybridized carbons (Fsp3) is 0.600. The van der Waals surface area contributed by atoms with E-state index in [1.165, 1.54) is 82.6 Å². The van der Waals surface area contributed by atoms with E-state index in [1.807, 2.05) is 12.1 Å². The highest BCUT2D eigenvalue weighted by molar-refractivity contribution is 5.87. The topological polar surface area (TPSA) is 112 Å². The van der Waals surface area contributed by atoms with Crippen molar-refractivity contribution in [2.45, 2.75) is 104 Å². The lowest BCUT2D eigenvalue weighted by Gasteiger charge is -2.29. The van der Waals surface area contributed by atoms with Crippen molar-refractivity contribution in [2.75, 3.05) is 39.6 Å². The van der Waals surface area contributed by atoms with Gasteiger partial charge < -0.3 is 29.2 Å². The minimum Gasteiger partial charge on any atom is -0.490 e. The molecule has 0 aliphatic heterocycles. The Labute approximate surface area is 287 Å². The van der Waals surface area contributed by atoms with Gasteiger partial charge >= 0.3 is 11.9 Å². The molecule has 2 aromatic carbocycles. The van der Waals surface area contributed by atoms with E-state index < -0.39 is 24.0 Å². The van der Waals surface area contributed by atoms with Gasteiger partial charge in [0.2, 0.25) is 0 Å². The Kier molecular flexibility index (Phi) is 17.0. The first-order chi connectivity index (χ1) is 23.2. The number of carbonyl (C=O) groups is 2. The van der Waals surface area contributed by atoms with Crippen molar-refractivity contribution >= 4 is 11.9 Å². The maximum absolute atomic E-state index is 12.2. The molecule has 8 nitrogen and oxygen atoms in total. The van der Waals surface area contributed by atoms with Crippen LogP contribution in [0.1, 0.15) is 109 Å². The largest absolute Gasteiger partial charge is 0.490 e. The molecule has 48 heavy (non-hydrogen) atoms. The molecule has 266 valence electrons. The number of aliphatic hydroxyl groups excluding tert-OH is 2. The molecule has 0 radical (unpaired) electrons. The maximum atomic E-state index is 12.2. The second-order valence-electron chi connectivity index (χ2n) is 13.7. The van der Waals surface area contributed by atoms with Crippen molar-refractivity contribution in [3.63, 3.8) is 0 Å². The van der Waals surface area contributed by atoms with E-state index >= 15 is 0 Å². The van der Waals surface area contributed by atoms with Crippen molar-refractivity contribution in [1.82, 2.24) is 0 Å². The van der Waals surface area contributed by atoms with Crippen LogP contribution in [-0.2, 0) is 19.1 Å². The lowest BCUT2D eigenvalue weighted by Crippen LogP contribution is -2.31. The molecule has 1 aliphatic rings. The summed E-state index contributed by atoms with van der Waals surface area (Å²) in [6.45, 7) is 8.45. The van der Waals surface area contributed by atoms with E-state index in [2.05, 4.69) is 37.8 Å². The molecule has 0 bridgehead atoms. The van der Waals surface area contributed by atoms with Crippen molar-refractivity contribution in [2.24, 2.45) is 11.3 Å². The zero-order chi connectivity index (χ0) is 34.8. The minimum absolute atomic E-state index is 0.00907. The molecule has 0 spiro atoms. The van der Waals surface area contributed by atoms with E-state index in [-0.39, 0.29) is 38.6 Å². The molecule has 2 N–H and O–H groups in total. The molecule has 0 saturated heterocycles. The average molecular weight is 667 g/mol. The number of aliphatic hydroxyl groups is 2. The molecule has 1 aliphatic carbocycles. The van der Waals surface area contributed by atoms with Crippen LogP contribution in [0.25, 0.3) is 11.1 Å². The lowest BCUT2D eigenvalue weighted by atomic mass is 9.77. The number of hydrogen-bond acceptors (Lipinski definition) is 8. The number of ether oxygens (including phenoxy) is 4. The summed E-state index contributed by atoms with van der Waals surface area (Å²) >= 11 is 0. The fourth-order valence-electron chi connectivity index (χ4n) is 6.04. The Hall–Kier alpha value is -3.36. The van der Waals surface area contributed by atoms with Crippen molar-refractivity contribution in [3.8, 4) is 22.6 Å². The smallest absolute Gasteiger partial charge is 0.335 e. The predicted octanol–water partition coefficient (Wildman–Crippen LogP) is 8.18. The summed E-state index contributed by atoms with van der Waals surface area (Å²) in [5.74, 6) is 1.38. The molecule has 1 fully saturated rings. The van der Waals surface area contributed by atoms with Gasteiger partial charge in [-0.3, -0.25) is 4.79 Å². The van der Waals surface area contributed by atoms with Crippen LogP contribution in [0.15, 0.2) is 54.6 Å². The third-order valence-corrected chi connectivity index (χ3v) is 9.26. The fourth-order valence-corrected chi connectivity index (χ4v) is 6.04. The van der Waals surface area contributed by atoms with E-state index in [4.69, 9.17) is 24.1 Å². The monoisotopic (exact) mass is 666 g/mol. The summed E-state index contributed by atoms with van der Waals surface area (Å²) in [6, 6.07) is 14.3. The number of rotatable bonds is 22. The first-order valence-electron chi connectivity index (χ1n) is 17.9. The standard InChI is InChI=1S/C40H58O8/c1-5-6-7-8-9-10-11-12-31-13-15-32(16-14-31)33-17-19-34(20-18-33)35-25-36(45-21-23-47-38(43)30(2)28-41)27-37(26-35)46-22-24-48-39(44)40(3,4)29-42/h17-20,25-27,31-32,41-42H,2,5-16,21-24,28-29H2,1,3-4H3. The van der Waals surface area contributed by atoms with Crippen LogP contribution in [0.5, 0.6) is 11.5 Å². The van der Waals surface area contributed by atoms with Gasteiger partial charge in [-0.15, -0.1) is 0 Å². The highest BCUT2D eigenvalue weighted by atomic mass is 16.6. The molecule has 0 aromatic heterocycles. The van der Waals surface area contributed by atoms with Crippen LogP contribution in [0, 0.1) is 11.3 Å². The van der Waals surface area contributed by atoms with Crippen LogP contribution in [0.4, 0.5) is 0 Å².